The number of Topliss-reactive ketones (excluding diaryl/α,β-unsaturated/α-hetero) is 1. The number of carbonyl (C=O) groups is 2. The van der Waals surface area contributed by atoms with Gasteiger partial charge in [-0.25, -0.2) is 0 Å². The van der Waals surface area contributed by atoms with Crippen LogP contribution in [0.25, 0.3) is 0 Å². The van der Waals surface area contributed by atoms with Gasteiger partial charge in [0, 0.05) is 41.4 Å². The van der Waals surface area contributed by atoms with Crippen molar-refractivity contribution >= 4 is 11.6 Å². The molecule has 0 aromatic carbocycles. The van der Waals surface area contributed by atoms with Crippen LogP contribution < -0.4 is 0 Å². The molecular formula is C46H72O7. The third-order valence-electron chi connectivity index (χ3n) is 11.6. The third kappa shape index (κ3) is 11.1. The van der Waals surface area contributed by atoms with Crippen molar-refractivity contribution in [3.05, 3.63) is 71.4 Å². The summed E-state index contributed by atoms with van der Waals surface area (Å²) in [5.41, 5.74) is 0.310. The van der Waals surface area contributed by atoms with Crippen LogP contribution in [0.1, 0.15) is 135 Å². The van der Waals surface area contributed by atoms with Crippen LogP contribution in [0.4, 0.5) is 0 Å². The van der Waals surface area contributed by atoms with Gasteiger partial charge in [-0.05, 0) is 89.3 Å². The van der Waals surface area contributed by atoms with Crippen molar-refractivity contribution in [2.75, 3.05) is 13.2 Å². The Morgan fingerprint density at radius 2 is 1.47 bits per heavy atom. The summed E-state index contributed by atoms with van der Waals surface area (Å²) in [7, 11) is 0. The maximum absolute atomic E-state index is 11.6. The highest BCUT2D eigenvalue weighted by Crippen LogP contribution is 2.66. The largest absolute Gasteiger partial charge is 0.392 e. The van der Waals surface area contributed by atoms with E-state index >= 15 is 0 Å². The molecule has 2 saturated carbocycles. The Morgan fingerprint density at radius 3 is 1.96 bits per heavy atom. The lowest BCUT2D eigenvalue weighted by molar-refractivity contribution is -0.140. The highest BCUT2D eigenvalue weighted by Gasteiger charge is 2.73. The first-order chi connectivity index (χ1) is 24.3. The molecule has 0 radical (unpaired) electrons. The van der Waals surface area contributed by atoms with Crippen LogP contribution in [-0.2, 0) is 14.3 Å². The summed E-state index contributed by atoms with van der Waals surface area (Å²) in [5, 5.41) is 39.1. The van der Waals surface area contributed by atoms with E-state index in [4.69, 9.17) is 14.9 Å². The van der Waals surface area contributed by atoms with Crippen LogP contribution in [0.15, 0.2) is 71.4 Å². The van der Waals surface area contributed by atoms with E-state index in [0.717, 1.165) is 23.1 Å². The first-order valence-electron chi connectivity index (χ1n) is 19.3. The molecule has 3 aliphatic carbocycles. The number of fused-ring (bicyclic) bond motifs is 1. The van der Waals surface area contributed by atoms with Crippen LogP contribution in [0.5, 0.6) is 0 Å². The quantitative estimate of drug-likeness (QED) is 0.122. The predicted octanol–water partition coefficient (Wildman–Crippen LogP) is 8.73. The number of aliphatic hydroxyl groups is 4. The summed E-state index contributed by atoms with van der Waals surface area (Å²) in [4.78, 5) is 23.1. The monoisotopic (exact) mass is 737 g/mol. The van der Waals surface area contributed by atoms with Crippen molar-refractivity contribution in [1.82, 2.24) is 0 Å². The maximum Gasteiger partial charge on any atom is 0.156 e. The average molecular weight is 737 g/mol. The van der Waals surface area contributed by atoms with Gasteiger partial charge in [-0.3, -0.25) is 9.59 Å². The van der Waals surface area contributed by atoms with Gasteiger partial charge in [0.2, 0.25) is 0 Å². The molecule has 1 heterocycles. The van der Waals surface area contributed by atoms with E-state index < -0.39 is 22.0 Å². The van der Waals surface area contributed by atoms with E-state index in [1.165, 1.54) is 18.9 Å². The van der Waals surface area contributed by atoms with Crippen LogP contribution in [-0.4, -0.2) is 67.6 Å². The average Bonchev–Trinajstić information content (AvgIpc) is 3.68. The van der Waals surface area contributed by atoms with Gasteiger partial charge in [-0.1, -0.05) is 110 Å². The van der Waals surface area contributed by atoms with Crippen molar-refractivity contribution in [1.29, 1.82) is 0 Å². The van der Waals surface area contributed by atoms with Crippen molar-refractivity contribution in [2.24, 2.45) is 22.2 Å². The van der Waals surface area contributed by atoms with E-state index in [9.17, 15) is 19.8 Å². The minimum atomic E-state index is -1.16. The molecule has 4 rings (SSSR count). The zero-order valence-corrected chi connectivity index (χ0v) is 35.5. The molecule has 0 spiro atoms. The van der Waals surface area contributed by atoms with Gasteiger partial charge in [0.15, 0.2) is 5.78 Å². The van der Waals surface area contributed by atoms with Crippen molar-refractivity contribution in [3.63, 3.8) is 0 Å². The number of aliphatic hydroxyl groups excluding tert-OH is 2. The summed E-state index contributed by atoms with van der Waals surface area (Å²) in [6.07, 6.45) is 17.5. The molecule has 298 valence electrons. The minimum absolute atomic E-state index is 0.0325. The second-order valence-corrected chi connectivity index (χ2v) is 17.4. The maximum atomic E-state index is 11.6. The van der Waals surface area contributed by atoms with Gasteiger partial charge < -0.3 is 25.2 Å². The van der Waals surface area contributed by atoms with Crippen molar-refractivity contribution < 1.29 is 34.8 Å². The number of hydrogen-bond donors (Lipinski definition) is 4. The third-order valence-corrected chi connectivity index (χ3v) is 11.6. The Hall–Kier alpha value is -2.86. The van der Waals surface area contributed by atoms with Gasteiger partial charge in [0.1, 0.15) is 22.6 Å². The summed E-state index contributed by atoms with van der Waals surface area (Å²) in [6.45, 7) is 31.5. The number of ketones is 2. The fourth-order valence-electron chi connectivity index (χ4n) is 8.03. The Labute approximate surface area is 322 Å². The van der Waals surface area contributed by atoms with E-state index in [-0.39, 0.29) is 47.3 Å². The molecule has 0 aromatic rings. The summed E-state index contributed by atoms with van der Waals surface area (Å²) in [6, 6.07) is 0. The number of carbonyl (C=O) groups excluding carboxylic acids is 2. The number of hydrogen-bond acceptors (Lipinski definition) is 7. The predicted molar refractivity (Wildman–Crippen MR) is 218 cm³/mol. The van der Waals surface area contributed by atoms with Crippen LogP contribution in [0.3, 0.4) is 0 Å². The normalized spacial score (nSPS) is 32.7. The summed E-state index contributed by atoms with van der Waals surface area (Å²) in [5.74, 6) is 5.89. The first-order valence-corrected chi connectivity index (χ1v) is 19.3. The van der Waals surface area contributed by atoms with Gasteiger partial charge in [0.25, 0.3) is 0 Å². The van der Waals surface area contributed by atoms with Gasteiger partial charge in [0.05, 0.1) is 18.8 Å². The number of epoxide rings is 1. The molecule has 5 unspecified atom stereocenters. The molecule has 4 N–H and O–H groups in total. The zero-order valence-electron chi connectivity index (χ0n) is 35.5. The lowest BCUT2D eigenvalue weighted by Gasteiger charge is -2.46. The molecule has 0 aromatic heterocycles. The molecule has 53 heavy (non-hydrogen) atoms. The lowest BCUT2D eigenvalue weighted by atomic mass is 9.60. The fourth-order valence-corrected chi connectivity index (χ4v) is 8.03. The summed E-state index contributed by atoms with van der Waals surface area (Å²) < 4.78 is 6.12. The summed E-state index contributed by atoms with van der Waals surface area (Å²) >= 11 is 0. The molecule has 5 atom stereocenters. The second kappa shape index (κ2) is 18.7. The van der Waals surface area contributed by atoms with Gasteiger partial charge in [-0.15, -0.1) is 0 Å². The molecule has 7 heteroatoms. The zero-order chi connectivity index (χ0) is 41.3. The first kappa shape index (κ1) is 48.2. The number of ether oxygens (including phenoxy) is 1. The van der Waals surface area contributed by atoms with Gasteiger partial charge in [-0.2, -0.15) is 0 Å². The highest BCUT2D eigenvalue weighted by atomic mass is 16.6. The van der Waals surface area contributed by atoms with Crippen molar-refractivity contribution in [3.8, 4) is 11.8 Å². The van der Waals surface area contributed by atoms with E-state index in [0.29, 0.717) is 24.8 Å². The Kier molecular flexibility index (Phi) is 16.9. The molecule has 1 aliphatic heterocycles. The topological polar surface area (TPSA) is 128 Å². The molecule has 0 amide bonds. The molecule has 4 aliphatic rings. The van der Waals surface area contributed by atoms with Crippen LogP contribution >= 0.6 is 0 Å². The smallest absolute Gasteiger partial charge is 0.156 e. The Balaban J connectivity index is 0.000000389. The Morgan fingerprint density at radius 1 is 0.887 bits per heavy atom. The molecule has 7 nitrogen and oxygen atoms in total. The standard InChI is InChI=1S/C15H22O3.C15H24O2.C14H20O2.C2H6/c1-11(6-8-16)5-7-15(18)12(2)9-13(17)10-14(15,3)4;1-12(7-11-16)6-10-15-13(2,3)8-5-9-14(15,4)17-15;1-10(2)6-7-14(16)11(3)8-12(15)9-13(14,4)5;1-2/h6,12,16,18H,8-10H2,1-4H3;6-7,10,16H,5,8-9,11H2,1-4H3;6-8,16H,1,9H2,2-5H3;1-2H3/b11-6+;10-6+,12-7+;7-6+;. The fraction of sp³-hybridized carbons (Fsp3) is 0.652. The SMILES string of the molecule is C/C(C#CC1(O)C(C)CC(=O)CC1(C)C)=C\CO.C=C(C)/C=C/C1(O)C(C)=CC(=O)CC1(C)C.CC.CC(/C=C/C12OC1(C)CCCC2(C)C)=C\CO. The second-order valence-electron chi connectivity index (χ2n) is 17.4. The minimum Gasteiger partial charge on any atom is -0.392 e. The lowest BCUT2D eigenvalue weighted by Crippen LogP contribution is -2.53. The number of allylic oxidation sites excluding steroid dienone is 6. The highest BCUT2D eigenvalue weighted by molar-refractivity contribution is 5.92. The van der Waals surface area contributed by atoms with Crippen LogP contribution in [0, 0.1) is 34.0 Å². The number of rotatable bonds is 6. The Bertz CT molecular complexity index is 1540. The molecule has 3 fully saturated rings. The van der Waals surface area contributed by atoms with Gasteiger partial charge >= 0.3 is 0 Å². The van der Waals surface area contributed by atoms with E-state index in [1.54, 1.807) is 32.1 Å². The van der Waals surface area contributed by atoms with E-state index in [1.807, 2.05) is 68.4 Å². The van der Waals surface area contributed by atoms with E-state index in [2.05, 4.69) is 51.3 Å². The molecule has 1 saturated heterocycles. The molecule has 0 bridgehead atoms. The van der Waals surface area contributed by atoms with Crippen LogP contribution in [0.2, 0.25) is 0 Å². The van der Waals surface area contributed by atoms with Crippen molar-refractivity contribution in [2.45, 2.75) is 158 Å². The molecular weight excluding hydrogens is 664 g/mol.